The van der Waals surface area contributed by atoms with Crippen molar-refractivity contribution in [3.63, 3.8) is 0 Å². The molecule has 2 aromatic heterocycles. The summed E-state index contributed by atoms with van der Waals surface area (Å²) in [4.78, 5) is 21.0. The van der Waals surface area contributed by atoms with Gasteiger partial charge < -0.3 is 5.32 Å². The first kappa shape index (κ1) is 13.1. The van der Waals surface area contributed by atoms with Crippen molar-refractivity contribution in [3.8, 4) is 0 Å². The SMILES string of the molecule is Cc1nc2ccc(C(=O)NCc3nn[nH]n3)cc2nc1C. The number of hydrogen-bond donors (Lipinski definition) is 2. The van der Waals surface area contributed by atoms with Gasteiger partial charge in [-0.15, -0.1) is 10.2 Å². The maximum atomic E-state index is 12.1. The Morgan fingerprint density at radius 3 is 2.67 bits per heavy atom. The molecule has 1 aromatic carbocycles. The molecule has 2 heterocycles. The number of H-pyrrole nitrogens is 1. The molecule has 0 atom stereocenters. The average Bonchev–Trinajstić information content (AvgIpc) is 2.99. The van der Waals surface area contributed by atoms with Gasteiger partial charge >= 0.3 is 0 Å². The van der Waals surface area contributed by atoms with Gasteiger partial charge in [-0.25, -0.2) is 9.97 Å². The molecule has 0 spiro atoms. The zero-order valence-corrected chi connectivity index (χ0v) is 11.6. The largest absolute Gasteiger partial charge is 0.345 e. The van der Waals surface area contributed by atoms with Crippen LogP contribution in [0.25, 0.3) is 11.0 Å². The van der Waals surface area contributed by atoms with E-state index in [-0.39, 0.29) is 12.5 Å². The van der Waals surface area contributed by atoms with E-state index in [1.807, 2.05) is 13.8 Å². The van der Waals surface area contributed by atoms with Crippen LogP contribution in [0.4, 0.5) is 0 Å². The molecular formula is C13H13N7O. The lowest BCUT2D eigenvalue weighted by molar-refractivity contribution is 0.0950. The predicted octanol–water partition coefficient (Wildman–Crippen LogP) is 0.690. The van der Waals surface area contributed by atoms with E-state index in [4.69, 9.17) is 0 Å². The summed E-state index contributed by atoms with van der Waals surface area (Å²) in [6, 6.07) is 5.23. The summed E-state index contributed by atoms with van der Waals surface area (Å²) in [7, 11) is 0. The first-order valence-electron chi connectivity index (χ1n) is 6.39. The van der Waals surface area contributed by atoms with Gasteiger partial charge in [-0.1, -0.05) is 5.21 Å². The van der Waals surface area contributed by atoms with E-state index >= 15 is 0 Å². The first-order chi connectivity index (χ1) is 10.1. The second-order valence-electron chi connectivity index (χ2n) is 4.61. The van der Waals surface area contributed by atoms with E-state index in [9.17, 15) is 4.79 Å². The normalized spacial score (nSPS) is 10.8. The number of aryl methyl sites for hydroxylation is 2. The lowest BCUT2D eigenvalue weighted by atomic mass is 10.1. The lowest BCUT2D eigenvalue weighted by Gasteiger charge is -2.05. The minimum absolute atomic E-state index is 0.214. The number of carbonyl (C=O) groups is 1. The number of tetrazole rings is 1. The minimum Gasteiger partial charge on any atom is -0.345 e. The fourth-order valence-electron chi connectivity index (χ4n) is 1.89. The molecule has 0 radical (unpaired) electrons. The molecule has 2 N–H and O–H groups in total. The number of hydrogen-bond acceptors (Lipinski definition) is 6. The smallest absolute Gasteiger partial charge is 0.251 e. The summed E-state index contributed by atoms with van der Waals surface area (Å²) in [6.07, 6.45) is 0. The predicted molar refractivity (Wildman–Crippen MR) is 74.4 cm³/mol. The van der Waals surface area contributed by atoms with E-state index in [1.54, 1.807) is 18.2 Å². The van der Waals surface area contributed by atoms with Crippen LogP contribution in [-0.2, 0) is 6.54 Å². The van der Waals surface area contributed by atoms with Crippen molar-refractivity contribution in [2.24, 2.45) is 0 Å². The van der Waals surface area contributed by atoms with Crippen LogP contribution in [0.1, 0.15) is 27.6 Å². The topological polar surface area (TPSA) is 109 Å². The summed E-state index contributed by atoms with van der Waals surface area (Å²) >= 11 is 0. The second-order valence-corrected chi connectivity index (χ2v) is 4.61. The molecule has 0 aliphatic rings. The zero-order valence-electron chi connectivity index (χ0n) is 11.6. The molecular weight excluding hydrogens is 270 g/mol. The van der Waals surface area contributed by atoms with Crippen molar-refractivity contribution in [2.45, 2.75) is 20.4 Å². The van der Waals surface area contributed by atoms with Crippen molar-refractivity contribution in [1.29, 1.82) is 0 Å². The number of aromatic amines is 1. The monoisotopic (exact) mass is 283 g/mol. The van der Waals surface area contributed by atoms with Gasteiger partial charge in [0.1, 0.15) is 0 Å². The number of nitrogens with zero attached hydrogens (tertiary/aromatic N) is 5. The fraction of sp³-hybridized carbons (Fsp3) is 0.231. The number of amides is 1. The quantitative estimate of drug-likeness (QED) is 0.732. The van der Waals surface area contributed by atoms with Crippen LogP contribution in [-0.4, -0.2) is 36.5 Å². The molecule has 1 amide bonds. The van der Waals surface area contributed by atoms with E-state index in [2.05, 4.69) is 35.9 Å². The number of nitrogens with one attached hydrogen (secondary N) is 2. The Hall–Kier alpha value is -2.90. The number of benzene rings is 1. The van der Waals surface area contributed by atoms with E-state index in [0.29, 0.717) is 16.9 Å². The highest BCUT2D eigenvalue weighted by Gasteiger charge is 2.09. The lowest BCUT2D eigenvalue weighted by Crippen LogP contribution is -2.23. The maximum Gasteiger partial charge on any atom is 0.251 e. The Kier molecular flexibility index (Phi) is 3.27. The fourth-order valence-corrected chi connectivity index (χ4v) is 1.89. The van der Waals surface area contributed by atoms with Gasteiger partial charge in [-0.05, 0) is 32.0 Å². The zero-order chi connectivity index (χ0) is 14.8. The molecule has 0 aliphatic heterocycles. The molecule has 106 valence electrons. The highest BCUT2D eigenvalue weighted by Crippen LogP contribution is 2.14. The maximum absolute atomic E-state index is 12.1. The molecule has 0 saturated carbocycles. The van der Waals surface area contributed by atoms with Gasteiger partial charge in [-0.2, -0.15) is 5.21 Å². The Morgan fingerprint density at radius 1 is 1.19 bits per heavy atom. The third-order valence-electron chi connectivity index (χ3n) is 3.13. The Bertz CT molecular complexity index is 798. The molecule has 8 heteroatoms. The standard InChI is InChI=1S/C13H13N7O/c1-7-8(2)16-11-5-9(3-4-10(11)15-7)13(21)14-6-12-17-19-20-18-12/h3-5H,6H2,1-2H3,(H,14,21)(H,17,18,19,20). The minimum atomic E-state index is -0.221. The van der Waals surface area contributed by atoms with Crippen LogP contribution < -0.4 is 5.32 Å². The van der Waals surface area contributed by atoms with Crippen molar-refractivity contribution < 1.29 is 4.79 Å². The van der Waals surface area contributed by atoms with Crippen LogP contribution in [0, 0.1) is 13.8 Å². The van der Waals surface area contributed by atoms with Crippen LogP contribution in [0.3, 0.4) is 0 Å². The summed E-state index contributed by atoms with van der Waals surface area (Å²) < 4.78 is 0. The van der Waals surface area contributed by atoms with E-state index in [0.717, 1.165) is 16.9 Å². The van der Waals surface area contributed by atoms with Gasteiger partial charge in [0.25, 0.3) is 5.91 Å². The Labute approximate surface area is 120 Å². The molecule has 0 bridgehead atoms. The third-order valence-corrected chi connectivity index (χ3v) is 3.13. The van der Waals surface area contributed by atoms with Gasteiger partial charge in [0.15, 0.2) is 5.82 Å². The summed E-state index contributed by atoms with van der Waals surface area (Å²) in [5.74, 6) is 0.206. The first-order valence-corrected chi connectivity index (χ1v) is 6.39. The molecule has 0 aliphatic carbocycles. The average molecular weight is 283 g/mol. The Morgan fingerprint density at radius 2 is 1.95 bits per heavy atom. The van der Waals surface area contributed by atoms with Gasteiger partial charge in [-0.3, -0.25) is 4.79 Å². The van der Waals surface area contributed by atoms with Gasteiger partial charge in [0.2, 0.25) is 0 Å². The van der Waals surface area contributed by atoms with Crippen molar-refractivity contribution in [1.82, 2.24) is 35.9 Å². The highest BCUT2D eigenvalue weighted by molar-refractivity contribution is 5.97. The number of carbonyl (C=O) groups excluding carboxylic acids is 1. The van der Waals surface area contributed by atoms with Gasteiger partial charge in [0, 0.05) is 5.56 Å². The molecule has 3 aromatic rings. The molecule has 0 saturated heterocycles. The molecule has 3 rings (SSSR count). The van der Waals surface area contributed by atoms with Crippen molar-refractivity contribution >= 4 is 16.9 Å². The van der Waals surface area contributed by atoms with Crippen LogP contribution in [0.15, 0.2) is 18.2 Å². The van der Waals surface area contributed by atoms with Crippen molar-refractivity contribution in [2.75, 3.05) is 0 Å². The van der Waals surface area contributed by atoms with E-state index < -0.39 is 0 Å². The summed E-state index contributed by atoms with van der Waals surface area (Å²) in [5.41, 5.74) is 3.73. The van der Waals surface area contributed by atoms with Crippen LogP contribution in [0.2, 0.25) is 0 Å². The Balaban J connectivity index is 1.83. The summed E-state index contributed by atoms with van der Waals surface area (Å²) in [6.45, 7) is 4.02. The molecule has 8 nitrogen and oxygen atoms in total. The second kappa shape index (κ2) is 5.23. The highest BCUT2D eigenvalue weighted by atomic mass is 16.1. The van der Waals surface area contributed by atoms with Crippen molar-refractivity contribution in [3.05, 3.63) is 41.0 Å². The molecule has 0 unspecified atom stereocenters. The number of aromatic nitrogens is 6. The number of fused-ring (bicyclic) bond motifs is 1. The molecule has 21 heavy (non-hydrogen) atoms. The third kappa shape index (κ3) is 2.69. The van der Waals surface area contributed by atoms with Crippen LogP contribution in [0.5, 0.6) is 0 Å². The molecule has 0 fully saturated rings. The van der Waals surface area contributed by atoms with Gasteiger partial charge in [0.05, 0.1) is 29.0 Å². The summed E-state index contributed by atoms with van der Waals surface area (Å²) in [5, 5.41) is 16.0. The van der Waals surface area contributed by atoms with Crippen LogP contribution >= 0.6 is 0 Å². The van der Waals surface area contributed by atoms with E-state index in [1.165, 1.54) is 0 Å². The number of rotatable bonds is 3.